The summed E-state index contributed by atoms with van der Waals surface area (Å²) < 4.78 is 13.2. The minimum absolute atomic E-state index is 0.0495. The SMILES string of the molecule is CCC(C)(C)n1nnnc1C(C(C)C)N(CCO)Cc1cc2cc3c(cc2[nH]c1=O)OCCO3. The number of tetrazole rings is 1. The van der Waals surface area contributed by atoms with Crippen LogP contribution in [0.1, 0.15) is 58.5 Å². The van der Waals surface area contributed by atoms with Crippen LogP contribution in [0.4, 0.5) is 0 Å². The van der Waals surface area contributed by atoms with Gasteiger partial charge >= 0.3 is 0 Å². The van der Waals surface area contributed by atoms with Crippen LogP contribution in [0.3, 0.4) is 0 Å². The molecule has 0 saturated carbocycles. The van der Waals surface area contributed by atoms with Crippen molar-refractivity contribution in [2.24, 2.45) is 5.92 Å². The first-order chi connectivity index (χ1) is 16.2. The first-order valence-corrected chi connectivity index (χ1v) is 11.8. The number of aromatic nitrogens is 5. The Morgan fingerprint density at radius 3 is 2.56 bits per heavy atom. The van der Waals surface area contributed by atoms with Crippen molar-refractivity contribution >= 4 is 10.9 Å². The Morgan fingerprint density at radius 1 is 1.21 bits per heavy atom. The molecule has 1 unspecified atom stereocenters. The molecule has 3 aromatic rings. The number of hydrogen-bond donors (Lipinski definition) is 2. The Morgan fingerprint density at radius 2 is 1.91 bits per heavy atom. The summed E-state index contributed by atoms with van der Waals surface area (Å²) >= 11 is 0. The maximum Gasteiger partial charge on any atom is 0.252 e. The van der Waals surface area contributed by atoms with Crippen molar-refractivity contribution in [3.05, 3.63) is 39.9 Å². The first-order valence-electron chi connectivity index (χ1n) is 11.8. The number of nitrogens with one attached hydrogen (secondary N) is 1. The molecule has 0 bridgehead atoms. The minimum Gasteiger partial charge on any atom is -0.486 e. The molecule has 2 N–H and O–H groups in total. The molecule has 10 nitrogen and oxygen atoms in total. The Hall–Kier alpha value is -2.98. The van der Waals surface area contributed by atoms with Gasteiger partial charge in [0.15, 0.2) is 17.3 Å². The molecule has 1 aliphatic heterocycles. The van der Waals surface area contributed by atoms with Crippen molar-refractivity contribution in [2.45, 2.75) is 59.2 Å². The zero-order valence-electron chi connectivity index (χ0n) is 20.5. The van der Waals surface area contributed by atoms with Crippen molar-refractivity contribution in [3.63, 3.8) is 0 Å². The molecule has 0 fully saturated rings. The summed E-state index contributed by atoms with van der Waals surface area (Å²) in [6.07, 6.45) is 0.857. The Balaban J connectivity index is 1.73. The van der Waals surface area contributed by atoms with Gasteiger partial charge in [-0.05, 0) is 48.7 Å². The average Bonchev–Trinajstić information content (AvgIpc) is 3.28. The normalized spacial score (nSPS) is 14.8. The zero-order chi connectivity index (χ0) is 24.5. The van der Waals surface area contributed by atoms with Crippen molar-refractivity contribution in [3.8, 4) is 11.5 Å². The number of rotatable bonds is 9. The summed E-state index contributed by atoms with van der Waals surface area (Å²) in [7, 11) is 0. The molecule has 34 heavy (non-hydrogen) atoms. The van der Waals surface area contributed by atoms with Gasteiger partial charge in [-0.2, -0.15) is 0 Å². The van der Waals surface area contributed by atoms with Gasteiger partial charge in [0.05, 0.1) is 23.7 Å². The summed E-state index contributed by atoms with van der Waals surface area (Å²) in [4.78, 5) is 18.1. The van der Waals surface area contributed by atoms with Crippen LogP contribution in [0, 0.1) is 5.92 Å². The lowest BCUT2D eigenvalue weighted by Gasteiger charge is -2.35. The third kappa shape index (κ3) is 4.65. The van der Waals surface area contributed by atoms with Crippen molar-refractivity contribution in [1.29, 1.82) is 0 Å². The van der Waals surface area contributed by atoms with Crippen LogP contribution < -0.4 is 15.0 Å². The molecular weight excluding hydrogens is 436 g/mol. The Bertz CT molecular complexity index is 1200. The van der Waals surface area contributed by atoms with Crippen LogP contribution in [0.5, 0.6) is 11.5 Å². The Labute approximate surface area is 198 Å². The summed E-state index contributed by atoms with van der Waals surface area (Å²) in [5.74, 6) is 2.17. The molecule has 1 aliphatic rings. The summed E-state index contributed by atoms with van der Waals surface area (Å²) in [5.41, 5.74) is 0.847. The molecule has 1 atom stereocenters. The quantitative estimate of drug-likeness (QED) is 0.490. The smallest absolute Gasteiger partial charge is 0.252 e. The molecule has 4 rings (SSSR count). The monoisotopic (exact) mass is 470 g/mol. The van der Waals surface area contributed by atoms with Crippen LogP contribution in [0.25, 0.3) is 10.9 Å². The highest BCUT2D eigenvalue weighted by Gasteiger charge is 2.33. The van der Waals surface area contributed by atoms with Crippen molar-refractivity contribution in [2.75, 3.05) is 26.4 Å². The number of pyridine rings is 1. The van der Waals surface area contributed by atoms with Gasteiger partial charge in [-0.15, -0.1) is 5.10 Å². The van der Waals surface area contributed by atoms with Gasteiger partial charge in [0.2, 0.25) is 0 Å². The third-order valence-electron chi connectivity index (χ3n) is 6.57. The second kappa shape index (κ2) is 9.71. The highest BCUT2D eigenvalue weighted by atomic mass is 16.6. The summed E-state index contributed by atoms with van der Waals surface area (Å²) in [6.45, 7) is 12.1. The van der Waals surface area contributed by atoms with Gasteiger partial charge in [0.1, 0.15) is 13.2 Å². The van der Waals surface area contributed by atoms with E-state index in [-0.39, 0.29) is 29.7 Å². The number of benzene rings is 1. The molecule has 3 heterocycles. The minimum atomic E-state index is -0.265. The fourth-order valence-electron chi connectivity index (χ4n) is 4.41. The van der Waals surface area contributed by atoms with E-state index in [1.54, 1.807) is 6.07 Å². The molecule has 0 aliphatic carbocycles. The first kappa shape index (κ1) is 24.2. The lowest BCUT2D eigenvalue weighted by molar-refractivity contribution is 0.0999. The topological polar surface area (TPSA) is 118 Å². The highest BCUT2D eigenvalue weighted by molar-refractivity contribution is 5.83. The molecule has 0 spiro atoms. The van der Waals surface area contributed by atoms with E-state index >= 15 is 0 Å². The molecule has 2 aromatic heterocycles. The number of aliphatic hydroxyl groups excluding tert-OH is 1. The zero-order valence-corrected chi connectivity index (χ0v) is 20.5. The number of nitrogens with zero attached hydrogens (tertiary/aromatic N) is 5. The number of H-pyrrole nitrogens is 1. The second-order valence-electron chi connectivity index (χ2n) is 9.70. The number of aliphatic hydroxyl groups is 1. The van der Waals surface area contributed by atoms with Crippen LogP contribution in [-0.4, -0.2) is 61.6 Å². The van der Waals surface area contributed by atoms with E-state index in [4.69, 9.17) is 9.47 Å². The third-order valence-corrected chi connectivity index (χ3v) is 6.57. The standard InChI is InChI=1S/C24H34N6O4/c1-6-24(4,5)30-22(26-27-28-30)21(15(2)3)29(7-8-31)14-17-11-16-12-19-20(34-10-9-33-19)13-18(16)25-23(17)32/h11-13,15,21,31H,6-10,14H2,1-5H3,(H,25,32). The highest BCUT2D eigenvalue weighted by Crippen LogP contribution is 2.35. The fraction of sp³-hybridized carbons (Fsp3) is 0.583. The molecule has 0 amide bonds. The molecule has 184 valence electrons. The molecule has 0 saturated heterocycles. The van der Waals surface area contributed by atoms with E-state index < -0.39 is 0 Å². The van der Waals surface area contributed by atoms with Gasteiger partial charge in [-0.3, -0.25) is 9.69 Å². The maximum absolute atomic E-state index is 13.0. The van der Waals surface area contributed by atoms with Gasteiger partial charge < -0.3 is 19.6 Å². The van der Waals surface area contributed by atoms with Crippen LogP contribution >= 0.6 is 0 Å². The molecule has 1 aromatic carbocycles. The number of aromatic amines is 1. The van der Waals surface area contributed by atoms with Crippen molar-refractivity contribution in [1.82, 2.24) is 30.1 Å². The molecule has 10 heteroatoms. The van der Waals surface area contributed by atoms with E-state index in [0.29, 0.717) is 48.9 Å². The van der Waals surface area contributed by atoms with Gasteiger partial charge in [0.25, 0.3) is 5.56 Å². The van der Waals surface area contributed by atoms with Crippen molar-refractivity contribution < 1.29 is 14.6 Å². The maximum atomic E-state index is 13.0. The van der Waals surface area contributed by atoms with Crippen LogP contribution in [0.15, 0.2) is 23.0 Å². The molecular formula is C24H34N6O4. The lowest BCUT2D eigenvalue weighted by Crippen LogP contribution is -2.39. The predicted molar refractivity (Wildman–Crippen MR) is 128 cm³/mol. The lowest BCUT2D eigenvalue weighted by atomic mass is 9.97. The van der Waals surface area contributed by atoms with Crippen LogP contribution in [-0.2, 0) is 12.1 Å². The number of hydrogen-bond acceptors (Lipinski definition) is 8. The Kier molecular flexibility index (Phi) is 6.90. The number of fused-ring (bicyclic) bond motifs is 2. The average molecular weight is 471 g/mol. The van der Waals surface area contributed by atoms with Gasteiger partial charge in [-0.1, -0.05) is 20.8 Å². The predicted octanol–water partition coefficient (Wildman–Crippen LogP) is 2.62. The molecule has 0 radical (unpaired) electrons. The fourth-order valence-corrected chi connectivity index (χ4v) is 4.41. The van der Waals surface area contributed by atoms with E-state index in [1.807, 2.05) is 16.8 Å². The summed E-state index contributed by atoms with van der Waals surface area (Å²) in [6, 6.07) is 5.39. The van der Waals surface area contributed by atoms with Gasteiger partial charge in [0, 0.05) is 30.1 Å². The largest absolute Gasteiger partial charge is 0.486 e. The van der Waals surface area contributed by atoms with Crippen LogP contribution in [0.2, 0.25) is 0 Å². The van der Waals surface area contributed by atoms with E-state index in [1.165, 1.54) is 0 Å². The van der Waals surface area contributed by atoms with E-state index in [2.05, 4.69) is 60.0 Å². The number of ether oxygens (including phenoxy) is 2. The van der Waals surface area contributed by atoms with E-state index in [0.717, 1.165) is 17.6 Å². The van der Waals surface area contributed by atoms with Gasteiger partial charge in [-0.25, -0.2) is 4.68 Å². The summed E-state index contributed by atoms with van der Waals surface area (Å²) in [5, 5.41) is 23.4. The second-order valence-corrected chi connectivity index (χ2v) is 9.70. The van der Waals surface area contributed by atoms with E-state index in [9.17, 15) is 9.90 Å².